The topological polar surface area (TPSA) is 75.3 Å². The third-order valence-corrected chi connectivity index (χ3v) is 3.83. The SMILES string of the molecule is CCC(C)C(NCC(O)c1ccc(Br)cc1)C(N)=O. The number of nitrogens with two attached hydrogens (primary N) is 1. The van der Waals surface area contributed by atoms with Crippen molar-refractivity contribution in [1.82, 2.24) is 5.32 Å². The molecule has 19 heavy (non-hydrogen) atoms. The number of benzene rings is 1. The van der Waals surface area contributed by atoms with Gasteiger partial charge in [-0.25, -0.2) is 0 Å². The molecule has 0 radical (unpaired) electrons. The van der Waals surface area contributed by atoms with Crippen molar-refractivity contribution >= 4 is 21.8 Å². The van der Waals surface area contributed by atoms with E-state index in [4.69, 9.17) is 5.73 Å². The van der Waals surface area contributed by atoms with Gasteiger partial charge in [-0.05, 0) is 23.6 Å². The summed E-state index contributed by atoms with van der Waals surface area (Å²) in [5.74, 6) is -0.230. The van der Waals surface area contributed by atoms with Gasteiger partial charge in [-0.15, -0.1) is 0 Å². The number of hydrogen-bond donors (Lipinski definition) is 3. The summed E-state index contributed by atoms with van der Waals surface area (Å²) >= 11 is 3.35. The van der Waals surface area contributed by atoms with Crippen molar-refractivity contribution in [1.29, 1.82) is 0 Å². The lowest BCUT2D eigenvalue weighted by Crippen LogP contribution is -2.47. The van der Waals surface area contributed by atoms with E-state index in [1.165, 1.54) is 0 Å². The summed E-state index contributed by atoms with van der Waals surface area (Å²) in [5, 5.41) is 13.1. The first-order chi connectivity index (χ1) is 8.95. The Morgan fingerprint density at radius 1 is 1.42 bits per heavy atom. The van der Waals surface area contributed by atoms with E-state index in [0.717, 1.165) is 16.5 Å². The predicted octanol–water partition coefficient (Wildman–Crippen LogP) is 1.97. The molecular formula is C14H21BrN2O2. The number of halogens is 1. The lowest BCUT2D eigenvalue weighted by atomic mass is 9.98. The van der Waals surface area contributed by atoms with E-state index < -0.39 is 12.1 Å². The number of rotatable bonds is 7. The molecule has 5 heteroatoms. The van der Waals surface area contributed by atoms with Gasteiger partial charge in [0.2, 0.25) is 5.91 Å². The minimum absolute atomic E-state index is 0.148. The fourth-order valence-electron chi connectivity index (χ4n) is 1.86. The summed E-state index contributed by atoms with van der Waals surface area (Å²) in [4.78, 5) is 11.4. The van der Waals surface area contributed by atoms with Crippen molar-refractivity contribution in [2.75, 3.05) is 6.54 Å². The van der Waals surface area contributed by atoms with Crippen LogP contribution in [0, 0.1) is 5.92 Å². The van der Waals surface area contributed by atoms with Gasteiger partial charge < -0.3 is 16.2 Å². The molecule has 4 nitrogen and oxygen atoms in total. The van der Waals surface area contributed by atoms with Gasteiger partial charge in [-0.1, -0.05) is 48.3 Å². The molecule has 0 heterocycles. The molecule has 0 saturated heterocycles. The number of hydrogen-bond acceptors (Lipinski definition) is 3. The Morgan fingerprint density at radius 3 is 2.47 bits per heavy atom. The van der Waals surface area contributed by atoms with Crippen LogP contribution in [-0.4, -0.2) is 23.6 Å². The summed E-state index contributed by atoms with van der Waals surface area (Å²) in [6.07, 6.45) is 0.202. The first-order valence-corrected chi connectivity index (χ1v) is 7.21. The Morgan fingerprint density at radius 2 is 2.00 bits per heavy atom. The third-order valence-electron chi connectivity index (χ3n) is 3.31. The second-order valence-electron chi connectivity index (χ2n) is 4.74. The standard InChI is InChI=1S/C14H21BrN2O2/c1-3-9(2)13(14(16)19)17-8-12(18)10-4-6-11(15)7-5-10/h4-7,9,12-13,17-18H,3,8H2,1-2H3,(H2,16,19). The highest BCUT2D eigenvalue weighted by Gasteiger charge is 2.22. The fourth-order valence-corrected chi connectivity index (χ4v) is 2.12. The molecule has 1 rings (SSSR count). The first-order valence-electron chi connectivity index (χ1n) is 6.42. The van der Waals surface area contributed by atoms with Crippen LogP contribution >= 0.6 is 15.9 Å². The highest BCUT2D eigenvalue weighted by Crippen LogP contribution is 2.17. The van der Waals surface area contributed by atoms with Crippen molar-refractivity contribution in [3.8, 4) is 0 Å². The maximum Gasteiger partial charge on any atom is 0.234 e. The number of aliphatic hydroxyl groups is 1. The molecule has 0 fully saturated rings. The van der Waals surface area contributed by atoms with Gasteiger partial charge in [-0.3, -0.25) is 4.79 Å². The van der Waals surface area contributed by atoms with Crippen LogP contribution < -0.4 is 11.1 Å². The van der Waals surface area contributed by atoms with Crippen molar-refractivity contribution in [2.45, 2.75) is 32.4 Å². The summed E-state index contributed by atoms with van der Waals surface area (Å²) in [6.45, 7) is 4.28. The number of primary amides is 1. The number of aliphatic hydroxyl groups excluding tert-OH is 1. The van der Waals surface area contributed by atoms with E-state index >= 15 is 0 Å². The quantitative estimate of drug-likeness (QED) is 0.716. The molecule has 0 saturated carbocycles. The highest BCUT2D eigenvalue weighted by atomic mass is 79.9. The molecule has 0 aliphatic rings. The maximum absolute atomic E-state index is 11.4. The van der Waals surface area contributed by atoms with Crippen LogP contribution in [0.15, 0.2) is 28.7 Å². The maximum atomic E-state index is 11.4. The molecule has 106 valence electrons. The summed E-state index contributed by atoms with van der Waals surface area (Å²) in [6, 6.07) is 7.03. The van der Waals surface area contributed by atoms with Gasteiger partial charge in [0, 0.05) is 11.0 Å². The molecule has 0 bridgehead atoms. The summed E-state index contributed by atoms with van der Waals surface area (Å²) in [7, 11) is 0. The van der Waals surface area contributed by atoms with Crippen molar-refractivity contribution in [3.05, 3.63) is 34.3 Å². The molecular weight excluding hydrogens is 308 g/mol. The van der Waals surface area contributed by atoms with Crippen LogP contribution in [0.5, 0.6) is 0 Å². The smallest absolute Gasteiger partial charge is 0.234 e. The molecule has 0 aliphatic heterocycles. The van der Waals surface area contributed by atoms with Gasteiger partial charge in [0.15, 0.2) is 0 Å². The monoisotopic (exact) mass is 328 g/mol. The summed E-state index contributed by atoms with van der Waals surface area (Å²) in [5.41, 5.74) is 6.18. The lowest BCUT2D eigenvalue weighted by Gasteiger charge is -2.23. The normalized spacial score (nSPS) is 15.8. The molecule has 3 atom stereocenters. The zero-order valence-corrected chi connectivity index (χ0v) is 12.9. The largest absolute Gasteiger partial charge is 0.387 e. The second-order valence-corrected chi connectivity index (χ2v) is 5.66. The number of nitrogens with one attached hydrogen (secondary N) is 1. The highest BCUT2D eigenvalue weighted by molar-refractivity contribution is 9.10. The molecule has 0 aliphatic carbocycles. The van der Waals surface area contributed by atoms with Crippen molar-refractivity contribution < 1.29 is 9.90 Å². The Labute approximate surface area is 122 Å². The Balaban J connectivity index is 2.59. The average molecular weight is 329 g/mol. The second kappa shape index (κ2) is 7.62. The van der Waals surface area contributed by atoms with Crippen molar-refractivity contribution in [3.63, 3.8) is 0 Å². The minimum atomic E-state index is -0.654. The van der Waals surface area contributed by atoms with Gasteiger partial charge >= 0.3 is 0 Å². The minimum Gasteiger partial charge on any atom is -0.387 e. The Bertz CT molecular complexity index is 408. The zero-order chi connectivity index (χ0) is 14.4. The average Bonchev–Trinajstić information content (AvgIpc) is 2.38. The number of carbonyl (C=O) groups excluding carboxylic acids is 1. The number of amides is 1. The van der Waals surface area contributed by atoms with E-state index in [1.807, 2.05) is 38.1 Å². The molecule has 3 unspecified atom stereocenters. The molecule has 1 aromatic carbocycles. The van der Waals surface area contributed by atoms with Crippen LogP contribution in [0.2, 0.25) is 0 Å². The van der Waals surface area contributed by atoms with Crippen LogP contribution in [0.4, 0.5) is 0 Å². The van der Waals surface area contributed by atoms with Gasteiger partial charge in [0.25, 0.3) is 0 Å². The van der Waals surface area contributed by atoms with E-state index in [2.05, 4.69) is 21.2 Å². The fraction of sp³-hybridized carbons (Fsp3) is 0.500. The van der Waals surface area contributed by atoms with E-state index in [0.29, 0.717) is 6.54 Å². The predicted molar refractivity (Wildman–Crippen MR) is 79.5 cm³/mol. The van der Waals surface area contributed by atoms with Gasteiger partial charge in [0.1, 0.15) is 0 Å². The van der Waals surface area contributed by atoms with Gasteiger partial charge in [0.05, 0.1) is 12.1 Å². The number of carbonyl (C=O) groups is 1. The van der Waals surface area contributed by atoms with E-state index in [-0.39, 0.29) is 11.8 Å². The molecule has 0 aromatic heterocycles. The van der Waals surface area contributed by atoms with Crippen LogP contribution in [0.1, 0.15) is 31.9 Å². The van der Waals surface area contributed by atoms with E-state index in [1.54, 1.807) is 0 Å². The Hall–Kier alpha value is -0.910. The van der Waals surface area contributed by atoms with Gasteiger partial charge in [-0.2, -0.15) is 0 Å². The third kappa shape index (κ3) is 4.93. The molecule has 0 spiro atoms. The molecule has 4 N–H and O–H groups in total. The van der Waals surface area contributed by atoms with Crippen LogP contribution in [0.25, 0.3) is 0 Å². The first kappa shape index (κ1) is 16.1. The Kier molecular flexibility index (Phi) is 6.48. The van der Waals surface area contributed by atoms with Crippen molar-refractivity contribution in [2.24, 2.45) is 11.7 Å². The molecule has 1 amide bonds. The van der Waals surface area contributed by atoms with Crippen LogP contribution in [0.3, 0.4) is 0 Å². The zero-order valence-electron chi connectivity index (χ0n) is 11.3. The van der Waals surface area contributed by atoms with E-state index in [9.17, 15) is 9.90 Å². The lowest BCUT2D eigenvalue weighted by molar-refractivity contribution is -0.121. The van der Waals surface area contributed by atoms with Crippen LogP contribution in [-0.2, 0) is 4.79 Å². The summed E-state index contributed by atoms with van der Waals surface area (Å²) < 4.78 is 0.964. The molecule has 1 aromatic rings.